The van der Waals surface area contributed by atoms with Crippen LogP contribution in [0.3, 0.4) is 0 Å². The van der Waals surface area contributed by atoms with E-state index in [0.717, 1.165) is 44.3 Å². The van der Waals surface area contributed by atoms with E-state index in [1.807, 2.05) is 36.1 Å². The highest BCUT2D eigenvalue weighted by Gasteiger charge is 2.53. The average Bonchev–Trinajstić information content (AvgIpc) is 3.28. The molecule has 3 rings (SSSR count). The number of hydrogen-bond donors (Lipinski definition) is 1. The number of carbonyl (C=O) groups excluding carboxylic acids is 1. The van der Waals surface area contributed by atoms with E-state index in [1.165, 1.54) is 0 Å². The molecule has 122 valence electrons. The fourth-order valence-corrected chi connectivity index (χ4v) is 3.65. The zero-order chi connectivity index (χ0) is 15.0. The van der Waals surface area contributed by atoms with Crippen LogP contribution in [-0.2, 0) is 10.2 Å². The molecule has 1 aliphatic heterocycles. The summed E-state index contributed by atoms with van der Waals surface area (Å²) in [5, 5.41) is 0.707. The van der Waals surface area contributed by atoms with Crippen molar-refractivity contribution in [3.05, 3.63) is 34.9 Å². The van der Waals surface area contributed by atoms with Crippen LogP contribution in [0.5, 0.6) is 0 Å². The molecule has 1 heterocycles. The summed E-state index contributed by atoms with van der Waals surface area (Å²) in [6.07, 6.45) is 4.06. The van der Waals surface area contributed by atoms with Gasteiger partial charge in [0, 0.05) is 24.2 Å². The molecule has 0 radical (unpaired) electrons. The van der Waals surface area contributed by atoms with Crippen LogP contribution in [0.25, 0.3) is 0 Å². The summed E-state index contributed by atoms with van der Waals surface area (Å²) in [4.78, 5) is 15.0. The molecule has 0 bridgehead atoms. The highest BCUT2D eigenvalue weighted by molar-refractivity contribution is 6.30. The molecule has 0 spiro atoms. The quantitative estimate of drug-likeness (QED) is 0.915. The van der Waals surface area contributed by atoms with Gasteiger partial charge in [-0.25, -0.2) is 0 Å². The predicted molar refractivity (Wildman–Crippen MR) is 92.6 cm³/mol. The number of halogens is 2. The number of nitrogens with two attached hydrogens (primary N) is 1. The topological polar surface area (TPSA) is 46.3 Å². The largest absolute Gasteiger partial charge is 0.342 e. The summed E-state index contributed by atoms with van der Waals surface area (Å²) >= 11 is 6.09. The maximum absolute atomic E-state index is 13.0. The third kappa shape index (κ3) is 3.27. The van der Waals surface area contributed by atoms with Crippen molar-refractivity contribution in [1.82, 2.24) is 4.90 Å². The van der Waals surface area contributed by atoms with Crippen LogP contribution < -0.4 is 5.73 Å². The summed E-state index contributed by atoms with van der Waals surface area (Å²) in [6.45, 7) is 3.71. The molecule has 0 aromatic heterocycles. The van der Waals surface area contributed by atoms with Crippen molar-refractivity contribution in [3.8, 4) is 0 Å². The molecule has 1 aromatic rings. The smallest absolute Gasteiger partial charge is 0.233 e. The van der Waals surface area contributed by atoms with Crippen LogP contribution in [0.15, 0.2) is 24.3 Å². The number of rotatable bonds is 3. The normalized spacial score (nSPS) is 24.3. The lowest BCUT2D eigenvalue weighted by Gasteiger charge is -2.36. The monoisotopic (exact) mass is 342 g/mol. The standard InChI is InChI=1S/C17H23ClN2O.ClH/c1-12(19)13-4-3-9-20(11-13)16(21)17(7-8-17)14-5-2-6-15(18)10-14;/h2,5-6,10,12-13H,3-4,7-9,11,19H2,1H3;1H. The molecule has 5 heteroatoms. The molecule has 22 heavy (non-hydrogen) atoms. The van der Waals surface area contributed by atoms with Gasteiger partial charge >= 0.3 is 0 Å². The molecule has 2 fully saturated rings. The zero-order valence-corrected chi connectivity index (χ0v) is 14.5. The third-order valence-electron chi connectivity index (χ3n) is 5.03. The van der Waals surface area contributed by atoms with Crippen molar-refractivity contribution in [2.45, 2.75) is 44.1 Å². The Hall–Kier alpha value is -0.770. The Morgan fingerprint density at radius 1 is 1.45 bits per heavy atom. The van der Waals surface area contributed by atoms with E-state index in [2.05, 4.69) is 0 Å². The van der Waals surface area contributed by atoms with Crippen LogP contribution >= 0.6 is 24.0 Å². The minimum atomic E-state index is -0.315. The first-order valence-corrected chi connectivity index (χ1v) is 8.22. The lowest BCUT2D eigenvalue weighted by Crippen LogP contribution is -2.48. The van der Waals surface area contributed by atoms with Crippen LogP contribution in [-0.4, -0.2) is 29.9 Å². The second-order valence-electron chi connectivity index (χ2n) is 6.61. The van der Waals surface area contributed by atoms with Crippen LogP contribution in [0, 0.1) is 5.92 Å². The Labute approximate surface area is 143 Å². The SMILES string of the molecule is CC(N)C1CCCN(C(=O)C2(c3cccc(Cl)c3)CC2)C1.Cl. The van der Waals surface area contributed by atoms with Crippen molar-refractivity contribution in [1.29, 1.82) is 0 Å². The lowest BCUT2D eigenvalue weighted by molar-refractivity contribution is -0.135. The molecule has 1 amide bonds. The van der Waals surface area contributed by atoms with E-state index in [1.54, 1.807) is 0 Å². The van der Waals surface area contributed by atoms with Crippen LogP contribution in [0.2, 0.25) is 5.02 Å². The highest BCUT2D eigenvalue weighted by Crippen LogP contribution is 2.50. The van der Waals surface area contributed by atoms with Crippen molar-refractivity contribution in [3.63, 3.8) is 0 Å². The average molecular weight is 343 g/mol. The second-order valence-corrected chi connectivity index (χ2v) is 7.04. The van der Waals surface area contributed by atoms with E-state index < -0.39 is 0 Å². The summed E-state index contributed by atoms with van der Waals surface area (Å²) in [5.41, 5.74) is 6.79. The Kier molecular flexibility index (Phi) is 5.41. The molecule has 1 aromatic carbocycles. The van der Waals surface area contributed by atoms with Gasteiger partial charge in [0.25, 0.3) is 0 Å². The predicted octanol–water partition coefficient (Wildman–Crippen LogP) is 3.38. The summed E-state index contributed by atoms with van der Waals surface area (Å²) in [7, 11) is 0. The number of benzene rings is 1. The Morgan fingerprint density at radius 3 is 2.77 bits per heavy atom. The van der Waals surface area contributed by atoms with Gasteiger partial charge in [-0.3, -0.25) is 4.79 Å². The van der Waals surface area contributed by atoms with Gasteiger partial charge < -0.3 is 10.6 Å². The molecular formula is C17H24Cl2N2O. The molecule has 2 unspecified atom stereocenters. The number of carbonyl (C=O) groups is 1. The lowest BCUT2D eigenvalue weighted by atomic mass is 9.89. The first-order valence-electron chi connectivity index (χ1n) is 7.84. The molecule has 2 N–H and O–H groups in total. The van der Waals surface area contributed by atoms with Gasteiger partial charge in [-0.15, -0.1) is 12.4 Å². The number of hydrogen-bond acceptors (Lipinski definition) is 2. The van der Waals surface area contributed by atoms with Gasteiger partial charge in [0.1, 0.15) is 0 Å². The van der Waals surface area contributed by atoms with Gasteiger partial charge in [-0.2, -0.15) is 0 Å². The van der Waals surface area contributed by atoms with E-state index in [9.17, 15) is 4.79 Å². The number of nitrogens with zero attached hydrogens (tertiary/aromatic N) is 1. The fraction of sp³-hybridized carbons (Fsp3) is 0.588. The minimum Gasteiger partial charge on any atom is -0.342 e. The Bertz CT molecular complexity index is 543. The Balaban J connectivity index is 0.00000176. The molecular weight excluding hydrogens is 319 g/mol. The van der Waals surface area contributed by atoms with Crippen molar-refractivity contribution < 1.29 is 4.79 Å². The van der Waals surface area contributed by atoms with E-state index in [-0.39, 0.29) is 29.8 Å². The zero-order valence-electron chi connectivity index (χ0n) is 12.9. The maximum atomic E-state index is 13.0. The molecule has 2 aliphatic rings. The van der Waals surface area contributed by atoms with Crippen LogP contribution in [0.4, 0.5) is 0 Å². The van der Waals surface area contributed by atoms with Gasteiger partial charge in [0.2, 0.25) is 5.91 Å². The summed E-state index contributed by atoms with van der Waals surface area (Å²) in [6, 6.07) is 7.93. The first-order chi connectivity index (χ1) is 10.0. The third-order valence-corrected chi connectivity index (χ3v) is 5.26. The first kappa shape index (κ1) is 17.6. The van der Waals surface area contributed by atoms with Crippen molar-refractivity contribution in [2.24, 2.45) is 11.7 Å². The van der Waals surface area contributed by atoms with Gasteiger partial charge in [-0.05, 0) is 56.2 Å². The van der Waals surface area contributed by atoms with Gasteiger partial charge in [0.05, 0.1) is 5.41 Å². The fourth-order valence-electron chi connectivity index (χ4n) is 3.46. The number of amides is 1. The Morgan fingerprint density at radius 2 is 2.18 bits per heavy atom. The maximum Gasteiger partial charge on any atom is 0.233 e. The van der Waals surface area contributed by atoms with E-state index >= 15 is 0 Å². The number of piperidine rings is 1. The molecule has 1 aliphatic carbocycles. The second kappa shape index (κ2) is 6.77. The van der Waals surface area contributed by atoms with E-state index in [4.69, 9.17) is 17.3 Å². The van der Waals surface area contributed by atoms with Gasteiger partial charge in [0.15, 0.2) is 0 Å². The van der Waals surface area contributed by atoms with E-state index in [0.29, 0.717) is 10.9 Å². The molecule has 3 nitrogen and oxygen atoms in total. The molecule has 2 atom stereocenters. The van der Waals surface area contributed by atoms with Crippen molar-refractivity contribution >= 4 is 29.9 Å². The number of likely N-dealkylation sites (tertiary alicyclic amines) is 1. The molecule has 1 saturated heterocycles. The van der Waals surface area contributed by atoms with Gasteiger partial charge in [-0.1, -0.05) is 23.7 Å². The molecule has 1 saturated carbocycles. The highest BCUT2D eigenvalue weighted by atomic mass is 35.5. The summed E-state index contributed by atoms with van der Waals surface area (Å²) < 4.78 is 0. The van der Waals surface area contributed by atoms with Crippen LogP contribution in [0.1, 0.15) is 38.2 Å². The van der Waals surface area contributed by atoms with Crippen molar-refractivity contribution in [2.75, 3.05) is 13.1 Å². The summed E-state index contributed by atoms with van der Waals surface area (Å²) in [5.74, 6) is 0.702. The minimum absolute atomic E-state index is 0.